The zero-order chi connectivity index (χ0) is 13.9. The van der Waals surface area contributed by atoms with Crippen LogP contribution in [0.3, 0.4) is 0 Å². The average Bonchev–Trinajstić information content (AvgIpc) is 2.39. The SMILES string of the molecule is CCC(NC1CCS(=O)(=O)CC1)c1ccc(Br)cc1. The number of nitrogens with one attached hydrogen (secondary N) is 1. The highest BCUT2D eigenvalue weighted by Gasteiger charge is 2.25. The predicted molar refractivity (Wildman–Crippen MR) is 82.0 cm³/mol. The first kappa shape index (κ1) is 15.0. The minimum atomic E-state index is -2.77. The first-order valence-corrected chi connectivity index (χ1v) is 9.33. The molecule has 0 bridgehead atoms. The fourth-order valence-corrected chi connectivity index (χ4v) is 4.24. The maximum absolute atomic E-state index is 11.4. The molecule has 1 atom stereocenters. The summed E-state index contributed by atoms with van der Waals surface area (Å²) in [6.07, 6.45) is 2.47. The Morgan fingerprint density at radius 2 is 1.84 bits per heavy atom. The molecule has 5 heteroatoms. The molecule has 106 valence electrons. The van der Waals surface area contributed by atoms with Gasteiger partial charge < -0.3 is 5.32 Å². The first-order chi connectivity index (χ1) is 9.00. The molecule has 1 saturated heterocycles. The highest BCUT2D eigenvalue weighted by Crippen LogP contribution is 2.22. The van der Waals surface area contributed by atoms with E-state index in [1.165, 1.54) is 5.56 Å². The third-order valence-electron chi connectivity index (χ3n) is 3.67. The van der Waals surface area contributed by atoms with Crippen LogP contribution < -0.4 is 5.32 Å². The largest absolute Gasteiger partial charge is 0.307 e. The van der Waals surface area contributed by atoms with Gasteiger partial charge in [-0.3, -0.25) is 0 Å². The van der Waals surface area contributed by atoms with Gasteiger partial charge >= 0.3 is 0 Å². The molecule has 0 radical (unpaired) electrons. The maximum Gasteiger partial charge on any atom is 0.150 e. The summed E-state index contributed by atoms with van der Waals surface area (Å²) in [6.45, 7) is 2.15. The minimum absolute atomic E-state index is 0.305. The van der Waals surface area contributed by atoms with Crippen LogP contribution in [0.4, 0.5) is 0 Å². The summed E-state index contributed by atoms with van der Waals surface area (Å²) < 4.78 is 23.9. The van der Waals surface area contributed by atoms with Crippen molar-refractivity contribution in [3.05, 3.63) is 34.3 Å². The molecule has 19 heavy (non-hydrogen) atoms. The lowest BCUT2D eigenvalue weighted by molar-refractivity contribution is 0.398. The topological polar surface area (TPSA) is 46.2 Å². The summed E-state index contributed by atoms with van der Waals surface area (Å²) in [5, 5.41) is 3.60. The maximum atomic E-state index is 11.4. The molecular formula is C14H20BrNO2S. The molecule has 2 rings (SSSR count). The van der Waals surface area contributed by atoms with Gasteiger partial charge in [0.25, 0.3) is 0 Å². The van der Waals surface area contributed by atoms with Crippen LogP contribution in [0.2, 0.25) is 0 Å². The van der Waals surface area contributed by atoms with E-state index in [2.05, 4.69) is 40.3 Å². The van der Waals surface area contributed by atoms with Crippen molar-refractivity contribution in [3.63, 3.8) is 0 Å². The van der Waals surface area contributed by atoms with Gasteiger partial charge in [0.15, 0.2) is 0 Å². The van der Waals surface area contributed by atoms with Crippen LogP contribution in [-0.2, 0) is 9.84 Å². The van der Waals surface area contributed by atoms with Crippen molar-refractivity contribution in [3.8, 4) is 0 Å². The second-order valence-electron chi connectivity index (χ2n) is 5.11. The number of halogens is 1. The summed E-state index contributed by atoms with van der Waals surface area (Å²) >= 11 is 3.44. The van der Waals surface area contributed by atoms with Crippen LogP contribution in [0.1, 0.15) is 37.8 Å². The van der Waals surface area contributed by atoms with Crippen molar-refractivity contribution < 1.29 is 8.42 Å². The number of hydrogen-bond acceptors (Lipinski definition) is 3. The Morgan fingerprint density at radius 1 is 1.26 bits per heavy atom. The molecule has 0 aliphatic carbocycles. The fraction of sp³-hybridized carbons (Fsp3) is 0.571. The number of benzene rings is 1. The number of sulfone groups is 1. The zero-order valence-electron chi connectivity index (χ0n) is 11.1. The molecule has 1 aromatic rings. The zero-order valence-corrected chi connectivity index (χ0v) is 13.5. The van der Waals surface area contributed by atoms with Gasteiger partial charge in [0.1, 0.15) is 9.84 Å². The van der Waals surface area contributed by atoms with Gasteiger partial charge in [-0.15, -0.1) is 0 Å². The third kappa shape index (κ3) is 4.29. The van der Waals surface area contributed by atoms with Crippen molar-refractivity contribution in [1.82, 2.24) is 5.32 Å². The summed E-state index contributed by atoms with van der Waals surface area (Å²) in [5.41, 5.74) is 1.26. The van der Waals surface area contributed by atoms with Gasteiger partial charge in [0.2, 0.25) is 0 Å². The van der Waals surface area contributed by atoms with E-state index in [1.54, 1.807) is 0 Å². The monoisotopic (exact) mass is 345 g/mol. The first-order valence-electron chi connectivity index (χ1n) is 6.72. The lowest BCUT2D eigenvalue weighted by Gasteiger charge is -2.28. The van der Waals surface area contributed by atoms with Gasteiger partial charge in [0.05, 0.1) is 11.5 Å². The molecule has 1 N–H and O–H groups in total. The highest BCUT2D eigenvalue weighted by molar-refractivity contribution is 9.10. The molecule has 1 aliphatic rings. The van der Waals surface area contributed by atoms with Crippen LogP contribution in [0.25, 0.3) is 0 Å². The van der Waals surface area contributed by atoms with Crippen LogP contribution in [-0.4, -0.2) is 26.0 Å². The Kier molecular flexibility index (Phi) is 5.03. The van der Waals surface area contributed by atoms with Gasteiger partial charge in [-0.1, -0.05) is 35.0 Å². The van der Waals surface area contributed by atoms with Crippen LogP contribution in [0.15, 0.2) is 28.7 Å². The molecular weight excluding hydrogens is 326 g/mol. The molecule has 0 amide bonds. The highest BCUT2D eigenvalue weighted by atomic mass is 79.9. The van der Waals surface area contributed by atoms with Crippen LogP contribution in [0.5, 0.6) is 0 Å². The van der Waals surface area contributed by atoms with E-state index in [-0.39, 0.29) is 0 Å². The molecule has 1 unspecified atom stereocenters. The van der Waals surface area contributed by atoms with Crippen molar-refractivity contribution in [1.29, 1.82) is 0 Å². The molecule has 1 aromatic carbocycles. The van der Waals surface area contributed by atoms with Gasteiger partial charge in [0, 0.05) is 16.6 Å². The Morgan fingerprint density at radius 3 is 2.37 bits per heavy atom. The van der Waals surface area contributed by atoms with E-state index in [0.717, 1.165) is 23.7 Å². The van der Waals surface area contributed by atoms with E-state index in [0.29, 0.717) is 23.6 Å². The van der Waals surface area contributed by atoms with Crippen LogP contribution >= 0.6 is 15.9 Å². The van der Waals surface area contributed by atoms with Gasteiger partial charge in [-0.05, 0) is 37.0 Å². The summed E-state index contributed by atoms with van der Waals surface area (Å²) in [6, 6.07) is 8.95. The van der Waals surface area contributed by atoms with Crippen molar-refractivity contribution >= 4 is 25.8 Å². The van der Waals surface area contributed by atoms with E-state index in [9.17, 15) is 8.42 Å². The molecule has 1 aliphatic heterocycles. The average molecular weight is 346 g/mol. The summed E-state index contributed by atoms with van der Waals surface area (Å²) in [7, 11) is -2.77. The normalized spacial score (nSPS) is 21.2. The van der Waals surface area contributed by atoms with E-state index in [1.807, 2.05) is 12.1 Å². The smallest absolute Gasteiger partial charge is 0.150 e. The molecule has 1 heterocycles. The Balaban J connectivity index is 1.98. The molecule has 0 aromatic heterocycles. The second kappa shape index (κ2) is 6.37. The van der Waals surface area contributed by atoms with Crippen molar-refractivity contribution in [2.75, 3.05) is 11.5 Å². The molecule has 0 spiro atoms. The van der Waals surface area contributed by atoms with Crippen LogP contribution in [0, 0.1) is 0 Å². The van der Waals surface area contributed by atoms with Gasteiger partial charge in [-0.2, -0.15) is 0 Å². The Labute approximate surface area is 123 Å². The van der Waals surface area contributed by atoms with E-state index in [4.69, 9.17) is 0 Å². The fourth-order valence-electron chi connectivity index (χ4n) is 2.49. The number of rotatable bonds is 4. The molecule has 0 saturated carbocycles. The van der Waals surface area contributed by atoms with Crippen molar-refractivity contribution in [2.45, 2.75) is 38.3 Å². The quantitative estimate of drug-likeness (QED) is 0.911. The van der Waals surface area contributed by atoms with E-state index < -0.39 is 9.84 Å². The minimum Gasteiger partial charge on any atom is -0.307 e. The van der Waals surface area contributed by atoms with E-state index >= 15 is 0 Å². The van der Waals surface area contributed by atoms with Gasteiger partial charge in [-0.25, -0.2) is 8.42 Å². The second-order valence-corrected chi connectivity index (χ2v) is 8.32. The Bertz CT molecular complexity index is 499. The lowest BCUT2D eigenvalue weighted by Crippen LogP contribution is -2.39. The third-order valence-corrected chi connectivity index (χ3v) is 5.92. The molecule has 1 fully saturated rings. The summed E-state index contributed by atoms with van der Waals surface area (Å²) in [5.74, 6) is 0.642. The summed E-state index contributed by atoms with van der Waals surface area (Å²) in [4.78, 5) is 0. The predicted octanol–water partition coefficient (Wildman–Crippen LogP) is 3.07. The Hall–Kier alpha value is -0.390. The van der Waals surface area contributed by atoms with Crippen molar-refractivity contribution in [2.24, 2.45) is 0 Å². The standard InChI is InChI=1S/C14H20BrNO2S/c1-2-14(11-3-5-12(15)6-4-11)16-13-7-9-19(17,18)10-8-13/h3-6,13-14,16H,2,7-10H2,1H3. The molecule has 3 nitrogen and oxygen atoms in total. The number of hydrogen-bond donors (Lipinski definition) is 1. The lowest BCUT2D eigenvalue weighted by atomic mass is 10.0.